The van der Waals surface area contributed by atoms with Crippen molar-refractivity contribution in [2.45, 2.75) is 26.3 Å². The summed E-state index contributed by atoms with van der Waals surface area (Å²) in [4.78, 5) is 2.51. The molecule has 1 fully saturated rings. The van der Waals surface area contributed by atoms with Crippen molar-refractivity contribution in [2.24, 2.45) is 11.0 Å². The molecular formula is C16H23N3O. The molecule has 2 atom stereocenters. The molecular weight excluding hydrogens is 250 g/mol. The Morgan fingerprint density at radius 1 is 1.35 bits per heavy atom. The third-order valence-corrected chi connectivity index (χ3v) is 4.32. The average molecular weight is 273 g/mol. The molecule has 2 unspecified atom stereocenters. The lowest BCUT2D eigenvalue weighted by Crippen LogP contribution is -2.41. The van der Waals surface area contributed by atoms with Gasteiger partial charge in [-0.1, -0.05) is 25.1 Å². The van der Waals surface area contributed by atoms with Crippen LogP contribution in [0.3, 0.4) is 0 Å². The van der Waals surface area contributed by atoms with Crippen LogP contribution < -0.4 is 10.2 Å². The van der Waals surface area contributed by atoms with E-state index in [2.05, 4.69) is 40.5 Å². The lowest BCUT2D eigenvalue weighted by atomic mass is 9.86. The highest BCUT2D eigenvalue weighted by atomic mass is 16.5. The van der Waals surface area contributed by atoms with Gasteiger partial charge in [-0.15, -0.1) is 0 Å². The summed E-state index contributed by atoms with van der Waals surface area (Å²) in [5.41, 5.74) is 5.90. The minimum Gasteiger partial charge on any atom is -0.494 e. The van der Waals surface area contributed by atoms with Crippen molar-refractivity contribution >= 4 is 5.71 Å². The predicted molar refractivity (Wildman–Crippen MR) is 81.1 cm³/mol. The summed E-state index contributed by atoms with van der Waals surface area (Å²) in [7, 11) is 0. The number of hydrogen-bond donors (Lipinski definition) is 1. The molecule has 0 aromatic heterocycles. The molecule has 0 aliphatic carbocycles. The number of piperidine rings is 1. The Labute approximate surface area is 120 Å². The minimum atomic E-state index is 0.252. The van der Waals surface area contributed by atoms with E-state index in [-0.39, 0.29) is 6.04 Å². The van der Waals surface area contributed by atoms with Gasteiger partial charge in [0.25, 0.3) is 0 Å². The number of nitrogens with one attached hydrogen (secondary N) is 1. The van der Waals surface area contributed by atoms with Crippen molar-refractivity contribution in [1.29, 1.82) is 0 Å². The first-order valence-electron chi connectivity index (χ1n) is 7.59. The van der Waals surface area contributed by atoms with Crippen molar-refractivity contribution in [3.05, 3.63) is 29.8 Å². The fourth-order valence-corrected chi connectivity index (χ4v) is 3.21. The van der Waals surface area contributed by atoms with Crippen LogP contribution in [-0.2, 0) is 0 Å². The van der Waals surface area contributed by atoms with Gasteiger partial charge in [-0.2, -0.15) is 5.10 Å². The molecule has 20 heavy (non-hydrogen) atoms. The number of hydrazone groups is 1. The van der Waals surface area contributed by atoms with Crippen molar-refractivity contribution in [2.75, 3.05) is 26.2 Å². The molecule has 2 heterocycles. The van der Waals surface area contributed by atoms with Crippen LogP contribution >= 0.6 is 0 Å². The SMILES string of the molecule is CCOc1ccccc1C1NN=C2CCN(CC)CC21. The Kier molecular flexibility index (Phi) is 3.92. The molecule has 0 saturated carbocycles. The number of nitrogens with zero attached hydrogens (tertiary/aromatic N) is 2. The number of fused-ring (bicyclic) bond motifs is 1. The molecule has 4 heteroatoms. The fourth-order valence-electron chi connectivity index (χ4n) is 3.21. The van der Waals surface area contributed by atoms with Gasteiger partial charge < -0.3 is 15.1 Å². The highest BCUT2D eigenvalue weighted by Crippen LogP contribution is 2.36. The van der Waals surface area contributed by atoms with Gasteiger partial charge in [-0.25, -0.2) is 0 Å². The van der Waals surface area contributed by atoms with Gasteiger partial charge in [0.2, 0.25) is 0 Å². The van der Waals surface area contributed by atoms with Crippen LogP contribution in [0.5, 0.6) is 5.75 Å². The summed E-state index contributed by atoms with van der Waals surface area (Å²) in [5.74, 6) is 1.46. The average Bonchev–Trinajstić information content (AvgIpc) is 2.91. The Morgan fingerprint density at radius 3 is 3.00 bits per heavy atom. The zero-order valence-corrected chi connectivity index (χ0v) is 12.3. The minimum absolute atomic E-state index is 0.252. The van der Waals surface area contributed by atoms with E-state index in [1.165, 1.54) is 11.3 Å². The maximum atomic E-state index is 5.78. The van der Waals surface area contributed by atoms with Crippen LogP contribution in [0.15, 0.2) is 29.4 Å². The summed E-state index contributed by atoms with van der Waals surface area (Å²) < 4.78 is 5.78. The van der Waals surface area contributed by atoms with Gasteiger partial charge in [0.05, 0.1) is 12.6 Å². The van der Waals surface area contributed by atoms with Crippen LogP contribution in [-0.4, -0.2) is 36.9 Å². The van der Waals surface area contributed by atoms with Gasteiger partial charge in [0.15, 0.2) is 0 Å². The van der Waals surface area contributed by atoms with Gasteiger partial charge in [-0.3, -0.25) is 0 Å². The van der Waals surface area contributed by atoms with Gasteiger partial charge >= 0.3 is 0 Å². The molecule has 0 radical (unpaired) electrons. The Bertz CT molecular complexity index is 500. The molecule has 3 rings (SSSR count). The predicted octanol–water partition coefficient (Wildman–Crippen LogP) is 2.43. The van der Waals surface area contributed by atoms with E-state index in [0.717, 1.165) is 31.8 Å². The van der Waals surface area contributed by atoms with E-state index in [1.54, 1.807) is 0 Å². The summed E-state index contributed by atoms with van der Waals surface area (Å²) in [6.07, 6.45) is 1.08. The van der Waals surface area contributed by atoms with E-state index in [4.69, 9.17) is 4.74 Å². The number of likely N-dealkylation sites (tertiary alicyclic amines) is 1. The standard InChI is InChI=1S/C16H23N3O/c1-3-19-10-9-14-13(11-19)16(18-17-14)12-7-5-6-8-15(12)20-4-2/h5-8,13,16,18H,3-4,9-11H2,1-2H3. The molecule has 4 nitrogen and oxygen atoms in total. The molecule has 1 aromatic rings. The van der Waals surface area contributed by atoms with Crippen molar-refractivity contribution < 1.29 is 4.74 Å². The second-order valence-corrected chi connectivity index (χ2v) is 5.43. The lowest BCUT2D eigenvalue weighted by molar-refractivity contribution is 0.236. The van der Waals surface area contributed by atoms with Crippen LogP contribution in [0.2, 0.25) is 0 Å². The van der Waals surface area contributed by atoms with Crippen molar-refractivity contribution in [1.82, 2.24) is 10.3 Å². The molecule has 0 amide bonds. The van der Waals surface area contributed by atoms with E-state index < -0.39 is 0 Å². The van der Waals surface area contributed by atoms with Crippen LogP contribution in [0.1, 0.15) is 31.9 Å². The first kappa shape index (κ1) is 13.4. The quantitative estimate of drug-likeness (QED) is 0.915. The van der Waals surface area contributed by atoms with Crippen molar-refractivity contribution in [3.63, 3.8) is 0 Å². The molecule has 2 aliphatic heterocycles. The largest absolute Gasteiger partial charge is 0.494 e. The zero-order valence-electron chi connectivity index (χ0n) is 12.3. The first-order valence-corrected chi connectivity index (χ1v) is 7.59. The molecule has 1 aromatic carbocycles. The third-order valence-electron chi connectivity index (χ3n) is 4.32. The molecule has 2 aliphatic rings. The zero-order chi connectivity index (χ0) is 13.9. The topological polar surface area (TPSA) is 36.9 Å². The highest BCUT2D eigenvalue weighted by molar-refractivity contribution is 5.90. The first-order chi connectivity index (χ1) is 9.83. The van der Waals surface area contributed by atoms with E-state index in [9.17, 15) is 0 Å². The lowest BCUT2D eigenvalue weighted by Gasteiger charge is -2.33. The Balaban J connectivity index is 1.84. The maximum absolute atomic E-state index is 5.78. The summed E-state index contributed by atoms with van der Waals surface area (Å²) in [6, 6.07) is 8.58. The summed E-state index contributed by atoms with van der Waals surface area (Å²) >= 11 is 0. The van der Waals surface area contributed by atoms with Crippen LogP contribution in [0.4, 0.5) is 0 Å². The molecule has 0 bridgehead atoms. The van der Waals surface area contributed by atoms with Gasteiger partial charge in [0.1, 0.15) is 5.75 Å². The molecule has 0 spiro atoms. The molecule has 1 N–H and O–H groups in total. The van der Waals surface area contributed by atoms with E-state index >= 15 is 0 Å². The third kappa shape index (κ3) is 2.40. The van der Waals surface area contributed by atoms with Crippen molar-refractivity contribution in [3.8, 4) is 5.75 Å². The number of para-hydroxylation sites is 1. The summed E-state index contributed by atoms with van der Waals surface area (Å²) in [5, 5.41) is 4.57. The molecule has 108 valence electrons. The second-order valence-electron chi connectivity index (χ2n) is 5.43. The Hall–Kier alpha value is -1.55. The normalized spacial score (nSPS) is 25.8. The smallest absolute Gasteiger partial charge is 0.124 e. The van der Waals surface area contributed by atoms with Crippen LogP contribution in [0.25, 0.3) is 0 Å². The van der Waals surface area contributed by atoms with Gasteiger partial charge in [-0.05, 0) is 19.5 Å². The number of benzene rings is 1. The molecule has 1 saturated heterocycles. The van der Waals surface area contributed by atoms with Gasteiger partial charge in [0, 0.05) is 36.7 Å². The Morgan fingerprint density at radius 2 is 2.20 bits per heavy atom. The van der Waals surface area contributed by atoms with Crippen LogP contribution in [0, 0.1) is 5.92 Å². The van der Waals surface area contributed by atoms with E-state index in [0.29, 0.717) is 12.5 Å². The number of hydrogen-bond acceptors (Lipinski definition) is 4. The summed E-state index contributed by atoms with van der Waals surface area (Å²) in [6.45, 7) is 8.29. The highest BCUT2D eigenvalue weighted by Gasteiger charge is 2.37. The van der Waals surface area contributed by atoms with E-state index in [1.807, 2.05) is 13.0 Å². The number of ether oxygens (including phenoxy) is 1. The monoisotopic (exact) mass is 273 g/mol. The fraction of sp³-hybridized carbons (Fsp3) is 0.562. The second kappa shape index (κ2) is 5.83. The number of rotatable bonds is 4. The maximum Gasteiger partial charge on any atom is 0.124 e.